The van der Waals surface area contributed by atoms with Gasteiger partial charge in [0.15, 0.2) is 0 Å². The lowest BCUT2D eigenvalue weighted by molar-refractivity contribution is 0.0932. The largest absolute Gasteiger partial charge is 0.348 e. The lowest BCUT2D eigenvalue weighted by Gasteiger charge is -2.23. The highest BCUT2D eigenvalue weighted by Gasteiger charge is 2.17. The number of amides is 1. The molecule has 0 bridgehead atoms. The number of carbonyl (C=O) groups excluding carboxylic acids is 1. The molecule has 1 aromatic rings. The fraction of sp³-hybridized carbons (Fsp3) is 0.733. The van der Waals surface area contributed by atoms with Crippen LogP contribution in [0.5, 0.6) is 0 Å². The third kappa shape index (κ3) is 4.56. The van der Waals surface area contributed by atoms with E-state index >= 15 is 0 Å². The summed E-state index contributed by atoms with van der Waals surface area (Å²) in [5.74, 6) is 0.795. The Morgan fingerprint density at radius 1 is 1.50 bits per heavy atom. The van der Waals surface area contributed by atoms with Gasteiger partial charge in [-0.05, 0) is 25.7 Å². The Kier molecular flexibility index (Phi) is 5.98. The standard InChI is InChI=1S/C15H25N3OS/c1-11(7-8-12-5-3-2-4-6-12)17-15(19)13-10-20-14(9-16)18-13/h10-12H,2-9,16H2,1H3,(H,17,19). The summed E-state index contributed by atoms with van der Waals surface area (Å²) in [5, 5.41) is 5.63. The summed E-state index contributed by atoms with van der Waals surface area (Å²) in [6.45, 7) is 2.48. The van der Waals surface area contributed by atoms with E-state index in [0.29, 0.717) is 12.2 Å². The van der Waals surface area contributed by atoms with E-state index in [1.54, 1.807) is 5.38 Å². The Labute approximate surface area is 125 Å². The van der Waals surface area contributed by atoms with Gasteiger partial charge in [0.05, 0.1) is 0 Å². The van der Waals surface area contributed by atoms with Gasteiger partial charge in [0.25, 0.3) is 5.91 Å². The van der Waals surface area contributed by atoms with Crippen molar-refractivity contribution in [3.63, 3.8) is 0 Å². The zero-order chi connectivity index (χ0) is 14.4. The normalized spacial score (nSPS) is 17.9. The Hall–Kier alpha value is -0.940. The number of carbonyl (C=O) groups is 1. The van der Waals surface area contributed by atoms with Crippen molar-refractivity contribution in [1.29, 1.82) is 0 Å². The first-order valence-electron chi connectivity index (χ1n) is 7.64. The van der Waals surface area contributed by atoms with Gasteiger partial charge >= 0.3 is 0 Å². The zero-order valence-corrected chi connectivity index (χ0v) is 13.0. The summed E-state index contributed by atoms with van der Waals surface area (Å²) in [4.78, 5) is 16.2. The van der Waals surface area contributed by atoms with Crippen LogP contribution in [0.2, 0.25) is 0 Å². The lowest BCUT2D eigenvalue weighted by Crippen LogP contribution is -2.33. The third-order valence-corrected chi connectivity index (χ3v) is 4.94. The van der Waals surface area contributed by atoms with Crippen LogP contribution in [0.4, 0.5) is 0 Å². The van der Waals surface area contributed by atoms with Crippen molar-refractivity contribution < 1.29 is 4.79 Å². The van der Waals surface area contributed by atoms with E-state index in [9.17, 15) is 4.79 Å². The van der Waals surface area contributed by atoms with Crippen LogP contribution in [0, 0.1) is 5.92 Å². The second-order valence-electron chi connectivity index (χ2n) is 5.79. The molecule has 5 heteroatoms. The molecule has 3 N–H and O–H groups in total. The van der Waals surface area contributed by atoms with E-state index in [0.717, 1.165) is 17.3 Å². The van der Waals surface area contributed by atoms with Crippen LogP contribution >= 0.6 is 11.3 Å². The molecule has 0 aromatic carbocycles. The summed E-state index contributed by atoms with van der Waals surface area (Å²) in [6, 6.07) is 0.215. The molecule has 2 rings (SSSR count). The maximum atomic E-state index is 12.0. The first-order valence-corrected chi connectivity index (χ1v) is 8.52. The summed E-state index contributed by atoms with van der Waals surface area (Å²) in [5.41, 5.74) is 6.01. The van der Waals surface area contributed by atoms with E-state index in [1.807, 2.05) is 0 Å². The Morgan fingerprint density at radius 2 is 2.25 bits per heavy atom. The van der Waals surface area contributed by atoms with Crippen molar-refractivity contribution >= 4 is 17.2 Å². The average molecular weight is 295 g/mol. The molecule has 1 unspecified atom stereocenters. The Balaban J connectivity index is 1.72. The topological polar surface area (TPSA) is 68.0 Å². The molecule has 1 fully saturated rings. The molecule has 0 saturated heterocycles. The third-order valence-electron chi connectivity index (χ3n) is 4.07. The van der Waals surface area contributed by atoms with Crippen LogP contribution in [-0.2, 0) is 6.54 Å². The maximum absolute atomic E-state index is 12.0. The van der Waals surface area contributed by atoms with Gasteiger partial charge in [0.2, 0.25) is 0 Å². The molecule has 1 heterocycles. The molecule has 1 aromatic heterocycles. The zero-order valence-electron chi connectivity index (χ0n) is 12.2. The first kappa shape index (κ1) is 15.4. The molecule has 1 atom stereocenters. The van der Waals surface area contributed by atoms with Gasteiger partial charge in [-0.2, -0.15) is 0 Å². The molecule has 0 radical (unpaired) electrons. The minimum Gasteiger partial charge on any atom is -0.348 e. The van der Waals surface area contributed by atoms with Gasteiger partial charge < -0.3 is 11.1 Å². The number of nitrogens with one attached hydrogen (secondary N) is 1. The maximum Gasteiger partial charge on any atom is 0.270 e. The molecular weight excluding hydrogens is 270 g/mol. The number of thiazole rings is 1. The number of aromatic nitrogens is 1. The summed E-state index contributed by atoms with van der Waals surface area (Å²) in [6.07, 6.45) is 9.18. The molecule has 0 spiro atoms. The molecule has 1 amide bonds. The predicted molar refractivity (Wildman–Crippen MR) is 82.7 cm³/mol. The van der Waals surface area contributed by atoms with Gasteiger partial charge in [-0.15, -0.1) is 11.3 Å². The van der Waals surface area contributed by atoms with Crippen LogP contribution in [0.3, 0.4) is 0 Å². The van der Waals surface area contributed by atoms with Crippen molar-refractivity contribution in [3.8, 4) is 0 Å². The van der Waals surface area contributed by atoms with Crippen LogP contribution in [0.25, 0.3) is 0 Å². The van der Waals surface area contributed by atoms with E-state index in [1.165, 1.54) is 49.9 Å². The lowest BCUT2D eigenvalue weighted by atomic mass is 9.85. The number of nitrogens with zero attached hydrogens (tertiary/aromatic N) is 1. The highest BCUT2D eigenvalue weighted by atomic mass is 32.1. The second kappa shape index (κ2) is 7.74. The van der Waals surface area contributed by atoms with Crippen LogP contribution in [-0.4, -0.2) is 16.9 Å². The summed E-state index contributed by atoms with van der Waals surface area (Å²) in [7, 11) is 0. The van der Waals surface area contributed by atoms with Gasteiger partial charge in [-0.1, -0.05) is 32.1 Å². The highest BCUT2D eigenvalue weighted by molar-refractivity contribution is 7.09. The first-order chi connectivity index (χ1) is 9.69. The molecular formula is C15H25N3OS. The number of nitrogens with two attached hydrogens (primary N) is 1. The minimum absolute atomic E-state index is 0.0721. The highest BCUT2D eigenvalue weighted by Crippen LogP contribution is 2.27. The smallest absolute Gasteiger partial charge is 0.270 e. The quantitative estimate of drug-likeness (QED) is 0.847. The van der Waals surface area contributed by atoms with Crippen LogP contribution in [0.15, 0.2) is 5.38 Å². The molecule has 0 aliphatic heterocycles. The van der Waals surface area contributed by atoms with Crippen molar-refractivity contribution in [2.24, 2.45) is 11.7 Å². The molecule has 1 aliphatic carbocycles. The fourth-order valence-electron chi connectivity index (χ4n) is 2.84. The number of rotatable bonds is 6. The van der Waals surface area contributed by atoms with Gasteiger partial charge in [-0.25, -0.2) is 4.98 Å². The van der Waals surface area contributed by atoms with Gasteiger partial charge in [0, 0.05) is 18.0 Å². The van der Waals surface area contributed by atoms with Crippen LogP contribution < -0.4 is 11.1 Å². The van der Waals surface area contributed by atoms with Crippen molar-refractivity contribution in [1.82, 2.24) is 10.3 Å². The number of hydrogen-bond donors (Lipinski definition) is 2. The summed E-state index contributed by atoms with van der Waals surface area (Å²) >= 11 is 1.44. The summed E-state index contributed by atoms with van der Waals surface area (Å²) < 4.78 is 0. The monoisotopic (exact) mass is 295 g/mol. The molecule has 112 valence electrons. The average Bonchev–Trinajstić information content (AvgIpc) is 2.95. The minimum atomic E-state index is -0.0721. The Morgan fingerprint density at radius 3 is 2.90 bits per heavy atom. The van der Waals surface area contributed by atoms with Crippen molar-refractivity contribution in [2.75, 3.05) is 0 Å². The van der Waals surface area contributed by atoms with E-state index in [-0.39, 0.29) is 11.9 Å². The van der Waals surface area contributed by atoms with Gasteiger partial charge in [0.1, 0.15) is 10.7 Å². The molecule has 1 aliphatic rings. The van der Waals surface area contributed by atoms with Crippen molar-refractivity contribution in [3.05, 3.63) is 16.1 Å². The Bertz CT molecular complexity index is 427. The molecule has 1 saturated carbocycles. The second-order valence-corrected chi connectivity index (χ2v) is 6.73. The van der Waals surface area contributed by atoms with E-state index < -0.39 is 0 Å². The molecule has 20 heavy (non-hydrogen) atoms. The van der Waals surface area contributed by atoms with Crippen molar-refractivity contribution in [2.45, 2.75) is 64.5 Å². The van der Waals surface area contributed by atoms with E-state index in [4.69, 9.17) is 5.73 Å². The number of hydrogen-bond acceptors (Lipinski definition) is 4. The van der Waals surface area contributed by atoms with Crippen LogP contribution in [0.1, 0.15) is 67.4 Å². The SMILES string of the molecule is CC(CCC1CCCCC1)NC(=O)c1csc(CN)n1. The fourth-order valence-corrected chi connectivity index (χ4v) is 3.50. The van der Waals surface area contributed by atoms with Gasteiger partial charge in [-0.3, -0.25) is 4.79 Å². The van der Waals surface area contributed by atoms with E-state index in [2.05, 4.69) is 17.2 Å². The predicted octanol–water partition coefficient (Wildman–Crippen LogP) is 3.08. The molecule has 4 nitrogen and oxygen atoms in total.